The predicted molar refractivity (Wildman–Crippen MR) is 71.2 cm³/mol. The molecule has 1 aliphatic heterocycles. The van der Waals surface area contributed by atoms with Crippen LogP contribution in [-0.2, 0) is 9.53 Å². The molecular formula is C13H22BrNO2. The van der Waals surface area contributed by atoms with E-state index in [0.717, 1.165) is 37.8 Å². The molecule has 1 heterocycles. The second-order valence-corrected chi connectivity index (χ2v) is 5.85. The molecule has 2 fully saturated rings. The molecule has 2 atom stereocenters. The van der Waals surface area contributed by atoms with Crippen LogP contribution >= 0.6 is 15.9 Å². The molecule has 1 amide bonds. The van der Waals surface area contributed by atoms with Crippen LogP contribution in [0.25, 0.3) is 0 Å². The maximum atomic E-state index is 12.1. The molecule has 0 aromatic rings. The summed E-state index contributed by atoms with van der Waals surface area (Å²) in [4.78, 5) is 12.1. The standard InChI is InChI=1S/C13H22BrNO2/c14-9-11-3-1-2-4-12(11)15-13(16)10-5-7-17-8-6-10/h10-12H,1-9H2,(H,15,16). The highest BCUT2D eigenvalue weighted by Crippen LogP contribution is 2.26. The molecule has 4 heteroatoms. The molecule has 0 radical (unpaired) electrons. The summed E-state index contributed by atoms with van der Waals surface area (Å²) in [7, 11) is 0. The van der Waals surface area contributed by atoms with Crippen LogP contribution in [0, 0.1) is 11.8 Å². The van der Waals surface area contributed by atoms with Crippen LogP contribution < -0.4 is 5.32 Å². The monoisotopic (exact) mass is 303 g/mol. The van der Waals surface area contributed by atoms with Crippen LogP contribution in [0.4, 0.5) is 0 Å². The van der Waals surface area contributed by atoms with E-state index in [1.807, 2.05) is 0 Å². The van der Waals surface area contributed by atoms with Gasteiger partial charge in [-0.2, -0.15) is 0 Å². The molecule has 17 heavy (non-hydrogen) atoms. The number of carbonyl (C=O) groups excluding carboxylic acids is 1. The molecule has 1 N–H and O–H groups in total. The van der Waals surface area contributed by atoms with E-state index < -0.39 is 0 Å². The zero-order chi connectivity index (χ0) is 12.1. The first-order chi connectivity index (χ1) is 8.31. The van der Waals surface area contributed by atoms with E-state index in [0.29, 0.717) is 12.0 Å². The molecule has 0 aromatic heterocycles. The van der Waals surface area contributed by atoms with Crippen molar-refractivity contribution in [3.63, 3.8) is 0 Å². The van der Waals surface area contributed by atoms with Crippen LogP contribution in [0.5, 0.6) is 0 Å². The first-order valence-corrected chi connectivity index (χ1v) is 7.87. The van der Waals surface area contributed by atoms with Gasteiger partial charge in [-0.05, 0) is 31.6 Å². The quantitative estimate of drug-likeness (QED) is 0.814. The molecule has 98 valence electrons. The summed E-state index contributed by atoms with van der Waals surface area (Å²) in [5.74, 6) is 1.06. The fourth-order valence-corrected chi connectivity index (χ4v) is 3.62. The first kappa shape index (κ1) is 13.3. The van der Waals surface area contributed by atoms with E-state index in [4.69, 9.17) is 4.74 Å². The topological polar surface area (TPSA) is 38.3 Å². The van der Waals surface area contributed by atoms with E-state index in [1.165, 1.54) is 19.3 Å². The fourth-order valence-electron chi connectivity index (χ4n) is 2.84. The minimum absolute atomic E-state index is 0.182. The van der Waals surface area contributed by atoms with Crippen molar-refractivity contribution in [2.45, 2.75) is 44.6 Å². The fraction of sp³-hybridized carbons (Fsp3) is 0.923. The lowest BCUT2D eigenvalue weighted by Crippen LogP contribution is -2.46. The number of hydrogen-bond donors (Lipinski definition) is 1. The third kappa shape index (κ3) is 3.68. The minimum atomic E-state index is 0.182. The minimum Gasteiger partial charge on any atom is -0.381 e. The van der Waals surface area contributed by atoms with Gasteiger partial charge in [0.2, 0.25) is 5.91 Å². The SMILES string of the molecule is O=C(NC1CCCCC1CBr)C1CCOCC1. The van der Waals surface area contributed by atoms with E-state index in [-0.39, 0.29) is 11.8 Å². The van der Waals surface area contributed by atoms with Crippen LogP contribution in [0.1, 0.15) is 38.5 Å². The smallest absolute Gasteiger partial charge is 0.223 e. The predicted octanol–water partition coefficient (Wildman–Crippen LogP) is 2.48. The van der Waals surface area contributed by atoms with Gasteiger partial charge >= 0.3 is 0 Å². The lowest BCUT2D eigenvalue weighted by Gasteiger charge is -2.32. The zero-order valence-corrected chi connectivity index (χ0v) is 11.9. The maximum Gasteiger partial charge on any atom is 0.223 e. The highest BCUT2D eigenvalue weighted by Gasteiger charge is 2.28. The van der Waals surface area contributed by atoms with Crippen molar-refractivity contribution in [3.05, 3.63) is 0 Å². The summed E-state index contributed by atoms with van der Waals surface area (Å²) in [5, 5.41) is 4.27. The normalized spacial score (nSPS) is 31.1. The summed E-state index contributed by atoms with van der Waals surface area (Å²) in [6, 6.07) is 0.387. The van der Waals surface area contributed by atoms with E-state index in [9.17, 15) is 4.79 Å². The molecule has 3 nitrogen and oxygen atoms in total. The van der Waals surface area contributed by atoms with Crippen LogP contribution in [0.2, 0.25) is 0 Å². The Balaban J connectivity index is 1.83. The highest BCUT2D eigenvalue weighted by molar-refractivity contribution is 9.09. The number of alkyl halides is 1. The number of carbonyl (C=O) groups is 1. The Bertz CT molecular complexity index is 254. The Labute approximate surface area is 112 Å². The average molecular weight is 304 g/mol. The van der Waals surface area contributed by atoms with E-state index in [2.05, 4.69) is 21.2 Å². The summed E-state index contributed by atoms with van der Waals surface area (Å²) in [5.41, 5.74) is 0. The van der Waals surface area contributed by atoms with Gasteiger partial charge in [0.15, 0.2) is 0 Å². The third-order valence-corrected chi connectivity index (χ3v) is 4.86. The van der Waals surface area contributed by atoms with Gasteiger partial charge in [-0.3, -0.25) is 4.79 Å². The highest BCUT2D eigenvalue weighted by atomic mass is 79.9. The lowest BCUT2D eigenvalue weighted by molar-refractivity contribution is -0.129. The maximum absolute atomic E-state index is 12.1. The summed E-state index contributed by atoms with van der Waals surface area (Å²) < 4.78 is 5.29. The van der Waals surface area contributed by atoms with Gasteiger partial charge in [0.25, 0.3) is 0 Å². The summed E-state index contributed by atoms with van der Waals surface area (Å²) in [6.45, 7) is 1.48. The van der Waals surface area contributed by atoms with Crippen molar-refractivity contribution >= 4 is 21.8 Å². The average Bonchev–Trinajstić information content (AvgIpc) is 2.40. The Morgan fingerprint density at radius 3 is 2.59 bits per heavy atom. The molecule has 0 bridgehead atoms. The van der Waals surface area contributed by atoms with Crippen LogP contribution in [0.15, 0.2) is 0 Å². The molecule has 1 saturated carbocycles. The van der Waals surface area contributed by atoms with Crippen molar-refractivity contribution in [1.82, 2.24) is 5.32 Å². The van der Waals surface area contributed by atoms with Crippen LogP contribution in [0.3, 0.4) is 0 Å². The molecule has 0 aromatic carbocycles. The molecule has 0 spiro atoms. The van der Waals surface area contributed by atoms with Crippen LogP contribution in [-0.4, -0.2) is 30.5 Å². The van der Waals surface area contributed by atoms with E-state index in [1.54, 1.807) is 0 Å². The Hall–Kier alpha value is -0.0900. The van der Waals surface area contributed by atoms with Crippen molar-refractivity contribution in [3.8, 4) is 0 Å². The van der Waals surface area contributed by atoms with Gasteiger partial charge in [-0.25, -0.2) is 0 Å². The third-order valence-electron chi connectivity index (χ3n) is 4.03. The molecule has 1 aliphatic carbocycles. The molecule has 2 unspecified atom stereocenters. The molecule has 2 rings (SSSR count). The molecular weight excluding hydrogens is 282 g/mol. The van der Waals surface area contributed by atoms with Gasteiger partial charge in [-0.1, -0.05) is 28.8 Å². The van der Waals surface area contributed by atoms with Gasteiger partial charge in [-0.15, -0.1) is 0 Å². The second-order valence-electron chi connectivity index (χ2n) is 5.20. The second kappa shape index (κ2) is 6.74. The lowest BCUT2D eigenvalue weighted by atomic mass is 9.85. The first-order valence-electron chi connectivity index (χ1n) is 6.75. The van der Waals surface area contributed by atoms with Gasteiger partial charge in [0, 0.05) is 30.5 Å². The van der Waals surface area contributed by atoms with Crippen molar-refractivity contribution < 1.29 is 9.53 Å². The number of hydrogen-bond acceptors (Lipinski definition) is 2. The molecule has 2 aliphatic rings. The number of amides is 1. The van der Waals surface area contributed by atoms with Crippen molar-refractivity contribution in [2.75, 3.05) is 18.5 Å². The largest absolute Gasteiger partial charge is 0.381 e. The van der Waals surface area contributed by atoms with Crippen molar-refractivity contribution in [2.24, 2.45) is 11.8 Å². The number of halogens is 1. The Kier molecular flexibility index (Phi) is 5.29. The van der Waals surface area contributed by atoms with E-state index >= 15 is 0 Å². The number of ether oxygens (including phenoxy) is 1. The number of nitrogens with one attached hydrogen (secondary N) is 1. The van der Waals surface area contributed by atoms with Gasteiger partial charge in [0.05, 0.1) is 0 Å². The summed E-state index contributed by atoms with van der Waals surface area (Å²) >= 11 is 3.57. The Morgan fingerprint density at radius 2 is 1.88 bits per heavy atom. The summed E-state index contributed by atoms with van der Waals surface area (Å²) in [6.07, 6.45) is 6.71. The zero-order valence-electron chi connectivity index (χ0n) is 10.3. The molecule has 1 saturated heterocycles. The van der Waals surface area contributed by atoms with Gasteiger partial charge < -0.3 is 10.1 Å². The number of rotatable bonds is 3. The van der Waals surface area contributed by atoms with Gasteiger partial charge in [0.1, 0.15) is 0 Å². The Morgan fingerprint density at radius 1 is 1.18 bits per heavy atom. The van der Waals surface area contributed by atoms with Crippen molar-refractivity contribution in [1.29, 1.82) is 0 Å².